The van der Waals surface area contributed by atoms with E-state index in [4.69, 9.17) is 5.11 Å². The molecule has 5 heteroatoms. The van der Waals surface area contributed by atoms with Crippen molar-refractivity contribution in [1.29, 1.82) is 0 Å². The number of nitrogens with zero attached hydrogens (tertiary/aromatic N) is 1. The number of rotatable bonds is 2. The van der Waals surface area contributed by atoms with Gasteiger partial charge < -0.3 is 5.11 Å². The highest BCUT2D eigenvalue weighted by Crippen LogP contribution is 2.13. The second-order valence-corrected chi connectivity index (χ2v) is 2.20. The fourth-order valence-corrected chi connectivity index (χ4v) is 0.762. The van der Waals surface area contributed by atoms with Crippen LogP contribution in [0.2, 0.25) is 0 Å². The van der Waals surface area contributed by atoms with E-state index in [1.807, 2.05) is 0 Å². The SMILES string of the molecule is O=[N+]([O-])CC1(O)CCN1. The van der Waals surface area contributed by atoms with Crippen LogP contribution in [0.1, 0.15) is 6.42 Å². The van der Waals surface area contributed by atoms with Crippen LogP contribution in [0.3, 0.4) is 0 Å². The van der Waals surface area contributed by atoms with Crippen molar-refractivity contribution in [2.24, 2.45) is 0 Å². The third-order valence-electron chi connectivity index (χ3n) is 1.38. The standard InChI is InChI=1S/C4H8N2O3/c7-4(1-2-5-4)3-6(8)9/h5,7H,1-3H2. The lowest BCUT2D eigenvalue weighted by Gasteiger charge is -2.33. The summed E-state index contributed by atoms with van der Waals surface area (Å²) in [5.41, 5.74) is -1.20. The van der Waals surface area contributed by atoms with Crippen molar-refractivity contribution in [3.8, 4) is 0 Å². The highest BCUT2D eigenvalue weighted by molar-refractivity contribution is 4.84. The summed E-state index contributed by atoms with van der Waals surface area (Å²) in [4.78, 5) is 9.29. The van der Waals surface area contributed by atoms with E-state index in [9.17, 15) is 10.1 Å². The summed E-state index contributed by atoms with van der Waals surface area (Å²) < 4.78 is 0. The molecule has 5 nitrogen and oxygen atoms in total. The average molecular weight is 132 g/mol. The molecule has 2 N–H and O–H groups in total. The molecule has 0 radical (unpaired) electrons. The van der Waals surface area contributed by atoms with E-state index < -0.39 is 17.2 Å². The average Bonchev–Trinajstić information content (AvgIpc) is 1.60. The van der Waals surface area contributed by atoms with Crippen molar-refractivity contribution < 1.29 is 10.0 Å². The predicted octanol–water partition coefficient (Wildman–Crippen LogP) is -1.06. The summed E-state index contributed by atoms with van der Waals surface area (Å²) in [6, 6.07) is 0. The fraction of sp³-hybridized carbons (Fsp3) is 1.00. The molecule has 1 atom stereocenters. The van der Waals surface area contributed by atoms with E-state index in [0.717, 1.165) is 0 Å². The van der Waals surface area contributed by atoms with Crippen LogP contribution in [-0.4, -0.2) is 28.8 Å². The summed E-state index contributed by atoms with van der Waals surface area (Å²) in [5, 5.41) is 21.4. The first-order valence-electron chi connectivity index (χ1n) is 2.72. The maximum Gasteiger partial charge on any atom is 0.245 e. The van der Waals surface area contributed by atoms with Gasteiger partial charge in [0.25, 0.3) is 0 Å². The van der Waals surface area contributed by atoms with Gasteiger partial charge in [-0.2, -0.15) is 0 Å². The molecule has 1 heterocycles. The van der Waals surface area contributed by atoms with Gasteiger partial charge in [0.1, 0.15) is 0 Å². The van der Waals surface area contributed by atoms with Gasteiger partial charge in [-0.25, -0.2) is 0 Å². The lowest BCUT2D eigenvalue weighted by molar-refractivity contribution is -0.507. The van der Waals surface area contributed by atoms with Gasteiger partial charge in [0.15, 0.2) is 5.72 Å². The van der Waals surface area contributed by atoms with Crippen LogP contribution < -0.4 is 5.32 Å². The zero-order valence-corrected chi connectivity index (χ0v) is 4.83. The minimum Gasteiger partial charge on any atom is -0.370 e. The Labute approximate surface area is 51.8 Å². The van der Waals surface area contributed by atoms with Crippen molar-refractivity contribution in [3.63, 3.8) is 0 Å². The molecule has 1 saturated heterocycles. The van der Waals surface area contributed by atoms with Gasteiger partial charge in [0, 0.05) is 17.9 Å². The van der Waals surface area contributed by atoms with E-state index in [1.54, 1.807) is 0 Å². The van der Waals surface area contributed by atoms with Gasteiger partial charge in [0.2, 0.25) is 6.54 Å². The second kappa shape index (κ2) is 1.93. The van der Waals surface area contributed by atoms with Gasteiger partial charge in [0.05, 0.1) is 0 Å². The Balaban J connectivity index is 2.33. The molecule has 0 amide bonds. The van der Waals surface area contributed by atoms with Crippen molar-refractivity contribution in [3.05, 3.63) is 10.1 Å². The first-order valence-corrected chi connectivity index (χ1v) is 2.72. The molecule has 0 aromatic carbocycles. The summed E-state index contributed by atoms with van der Waals surface area (Å²) >= 11 is 0. The monoisotopic (exact) mass is 132 g/mol. The Bertz CT molecular complexity index is 132. The number of nitro groups is 1. The maximum atomic E-state index is 9.81. The molecule has 1 rings (SSSR count). The molecular weight excluding hydrogens is 124 g/mol. The molecule has 0 saturated carbocycles. The van der Waals surface area contributed by atoms with Crippen LogP contribution in [0.5, 0.6) is 0 Å². The summed E-state index contributed by atoms with van der Waals surface area (Å²) in [5.74, 6) is 0. The summed E-state index contributed by atoms with van der Waals surface area (Å²) in [6.45, 7) is 0.275. The highest BCUT2D eigenvalue weighted by atomic mass is 16.6. The number of hydrogen-bond donors (Lipinski definition) is 2. The van der Waals surface area contributed by atoms with Crippen LogP contribution in [-0.2, 0) is 0 Å². The highest BCUT2D eigenvalue weighted by Gasteiger charge is 2.38. The van der Waals surface area contributed by atoms with Gasteiger partial charge in [-0.1, -0.05) is 0 Å². The second-order valence-electron chi connectivity index (χ2n) is 2.20. The van der Waals surface area contributed by atoms with Gasteiger partial charge in [-0.3, -0.25) is 15.4 Å². The zero-order valence-electron chi connectivity index (χ0n) is 4.83. The van der Waals surface area contributed by atoms with E-state index in [-0.39, 0.29) is 0 Å². The summed E-state index contributed by atoms with van der Waals surface area (Å²) in [6.07, 6.45) is 0.480. The molecule has 0 bridgehead atoms. The lowest BCUT2D eigenvalue weighted by Crippen LogP contribution is -2.60. The third kappa shape index (κ3) is 1.36. The maximum absolute atomic E-state index is 9.81. The van der Waals surface area contributed by atoms with Crippen molar-refractivity contribution >= 4 is 0 Å². The molecule has 0 aromatic heterocycles. The molecule has 1 aliphatic rings. The molecule has 1 aliphatic heterocycles. The van der Waals surface area contributed by atoms with Crippen LogP contribution in [0.25, 0.3) is 0 Å². The van der Waals surface area contributed by atoms with Gasteiger partial charge in [-0.05, 0) is 0 Å². The fourth-order valence-electron chi connectivity index (χ4n) is 0.762. The smallest absolute Gasteiger partial charge is 0.245 e. The van der Waals surface area contributed by atoms with Crippen molar-refractivity contribution in [2.75, 3.05) is 13.1 Å². The van der Waals surface area contributed by atoms with Crippen LogP contribution >= 0.6 is 0 Å². The van der Waals surface area contributed by atoms with Crippen LogP contribution in [0.4, 0.5) is 0 Å². The molecule has 9 heavy (non-hydrogen) atoms. The molecule has 1 unspecified atom stereocenters. The molecule has 52 valence electrons. The molecule has 0 aliphatic carbocycles. The third-order valence-corrected chi connectivity index (χ3v) is 1.38. The normalized spacial score (nSPS) is 33.4. The quantitative estimate of drug-likeness (QED) is 0.371. The first-order chi connectivity index (χ1) is 4.12. The van der Waals surface area contributed by atoms with Gasteiger partial charge in [-0.15, -0.1) is 0 Å². The Kier molecular flexibility index (Phi) is 1.38. The van der Waals surface area contributed by atoms with Crippen LogP contribution in [0.15, 0.2) is 0 Å². The first kappa shape index (κ1) is 6.44. The Morgan fingerprint density at radius 1 is 1.89 bits per heavy atom. The minimum absolute atomic E-state index is 0.396. The zero-order chi connectivity index (χ0) is 6.91. The number of hydrogen-bond acceptors (Lipinski definition) is 4. The molecular formula is C4H8N2O3. The van der Waals surface area contributed by atoms with E-state index in [1.165, 1.54) is 0 Å². The largest absolute Gasteiger partial charge is 0.370 e. The van der Waals surface area contributed by atoms with Crippen molar-refractivity contribution in [1.82, 2.24) is 5.32 Å². The van der Waals surface area contributed by atoms with Crippen molar-refractivity contribution in [2.45, 2.75) is 12.1 Å². The van der Waals surface area contributed by atoms with Crippen LogP contribution in [0, 0.1) is 10.1 Å². The van der Waals surface area contributed by atoms with Gasteiger partial charge >= 0.3 is 0 Å². The number of nitrogens with one attached hydrogen (secondary N) is 1. The Morgan fingerprint density at radius 2 is 2.44 bits per heavy atom. The topological polar surface area (TPSA) is 75.4 Å². The Hall–Kier alpha value is -0.680. The minimum atomic E-state index is -1.20. The molecule has 1 fully saturated rings. The molecule has 0 aromatic rings. The lowest BCUT2D eigenvalue weighted by atomic mass is 10.0. The number of aliphatic hydroxyl groups is 1. The molecule has 0 spiro atoms. The van der Waals surface area contributed by atoms with E-state index in [2.05, 4.69) is 5.32 Å². The summed E-state index contributed by atoms with van der Waals surface area (Å²) in [7, 11) is 0. The van der Waals surface area contributed by atoms with E-state index in [0.29, 0.717) is 13.0 Å². The van der Waals surface area contributed by atoms with E-state index >= 15 is 0 Å². The Morgan fingerprint density at radius 3 is 2.56 bits per heavy atom. The predicted molar refractivity (Wildman–Crippen MR) is 29.4 cm³/mol.